The molecule has 0 amide bonds. The molecule has 0 unspecified atom stereocenters. The fourth-order valence-electron chi connectivity index (χ4n) is 3.84. The molecule has 1 aromatic rings. The van der Waals surface area contributed by atoms with Gasteiger partial charge in [0, 0.05) is 6.61 Å². The molecular weight excluding hydrogens is 332 g/mol. The van der Waals surface area contributed by atoms with Gasteiger partial charge < -0.3 is 9.84 Å². The lowest BCUT2D eigenvalue weighted by Gasteiger charge is -2.07. The summed E-state index contributed by atoms with van der Waals surface area (Å²) < 4.78 is 5.33. The normalized spacial score (nSPS) is 11.1. The average molecular weight is 377 g/mol. The third-order valence-corrected chi connectivity index (χ3v) is 5.58. The van der Waals surface area contributed by atoms with Gasteiger partial charge in [-0.2, -0.15) is 0 Å². The molecule has 2 nitrogen and oxygen atoms in total. The molecule has 0 radical (unpaired) electrons. The maximum absolute atomic E-state index is 8.74. The van der Waals surface area contributed by atoms with E-state index < -0.39 is 0 Å². The third-order valence-electron chi connectivity index (χ3n) is 5.58. The summed E-state index contributed by atoms with van der Waals surface area (Å²) >= 11 is 0. The maximum atomic E-state index is 8.74. The zero-order chi connectivity index (χ0) is 19.6. The number of aliphatic hydroxyl groups is 1. The van der Waals surface area contributed by atoms with Gasteiger partial charge in [0.2, 0.25) is 0 Å². The first kappa shape index (κ1) is 24.0. The number of methoxy groups -OCH3 is 1. The highest BCUT2D eigenvalue weighted by Gasteiger charge is 2.00. The quantitative estimate of drug-likeness (QED) is 0.271. The number of aliphatic hydroxyl groups excluding tert-OH is 1. The fourth-order valence-corrected chi connectivity index (χ4v) is 3.84. The highest BCUT2D eigenvalue weighted by molar-refractivity contribution is 5.36. The highest BCUT2D eigenvalue weighted by Crippen LogP contribution is 2.20. The van der Waals surface area contributed by atoms with Crippen molar-refractivity contribution in [2.45, 2.75) is 110 Å². The first-order valence-corrected chi connectivity index (χ1v) is 11.5. The summed E-state index contributed by atoms with van der Waals surface area (Å²) in [5.74, 6) is 0.997. The van der Waals surface area contributed by atoms with Gasteiger partial charge in [0.25, 0.3) is 0 Å². The molecule has 0 aliphatic carbocycles. The lowest BCUT2D eigenvalue weighted by Crippen LogP contribution is -1.91. The second-order valence-electron chi connectivity index (χ2n) is 8.08. The highest BCUT2D eigenvalue weighted by atomic mass is 16.5. The van der Waals surface area contributed by atoms with Crippen molar-refractivity contribution in [2.75, 3.05) is 13.7 Å². The molecule has 1 N–H and O–H groups in total. The van der Waals surface area contributed by atoms with E-state index in [-0.39, 0.29) is 0 Å². The van der Waals surface area contributed by atoms with E-state index in [1.54, 1.807) is 7.11 Å². The minimum Gasteiger partial charge on any atom is -0.496 e. The van der Waals surface area contributed by atoms with Gasteiger partial charge in [-0.05, 0) is 43.4 Å². The Balaban J connectivity index is 1.82. The van der Waals surface area contributed by atoms with Crippen LogP contribution in [0.4, 0.5) is 0 Å². The Morgan fingerprint density at radius 1 is 0.667 bits per heavy atom. The van der Waals surface area contributed by atoms with E-state index >= 15 is 0 Å². The van der Waals surface area contributed by atoms with Crippen LogP contribution in [-0.4, -0.2) is 18.8 Å². The first-order valence-electron chi connectivity index (χ1n) is 11.5. The largest absolute Gasteiger partial charge is 0.496 e. The summed E-state index contributed by atoms with van der Waals surface area (Å²) in [4.78, 5) is 0. The van der Waals surface area contributed by atoms with Crippen molar-refractivity contribution in [1.82, 2.24) is 0 Å². The smallest absolute Gasteiger partial charge is 0.121 e. The van der Waals surface area contributed by atoms with Crippen molar-refractivity contribution in [3.8, 4) is 5.75 Å². The zero-order valence-corrected chi connectivity index (χ0v) is 18.1. The summed E-state index contributed by atoms with van der Waals surface area (Å²) in [5.41, 5.74) is 2.69. The molecule has 0 bridgehead atoms. The Labute approximate surface area is 168 Å². The molecule has 0 saturated carbocycles. The monoisotopic (exact) mass is 376 g/mol. The Morgan fingerprint density at radius 2 is 1.11 bits per heavy atom. The summed E-state index contributed by atoms with van der Waals surface area (Å²) in [5, 5.41) is 8.74. The molecule has 27 heavy (non-hydrogen) atoms. The predicted octanol–water partition coefficient (Wildman–Crippen LogP) is 7.39. The molecular formula is C25H44O2. The van der Waals surface area contributed by atoms with Crippen LogP contribution < -0.4 is 4.74 Å². The van der Waals surface area contributed by atoms with Gasteiger partial charge in [-0.3, -0.25) is 0 Å². The van der Waals surface area contributed by atoms with Gasteiger partial charge in [0.1, 0.15) is 5.75 Å². The van der Waals surface area contributed by atoms with Crippen LogP contribution in [0.25, 0.3) is 0 Å². The number of hydrogen-bond donors (Lipinski definition) is 1. The number of rotatable bonds is 18. The number of hydrogen-bond acceptors (Lipinski definition) is 2. The van der Waals surface area contributed by atoms with E-state index in [0.717, 1.165) is 12.2 Å². The fraction of sp³-hybridized carbons (Fsp3) is 0.760. The zero-order valence-electron chi connectivity index (χ0n) is 18.1. The van der Waals surface area contributed by atoms with E-state index in [0.29, 0.717) is 6.61 Å². The van der Waals surface area contributed by atoms with E-state index in [2.05, 4.69) is 25.1 Å². The van der Waals surface area contributed by atoms with Gasteiger partial charge in [-0.1, -0.05) is 95.6 Å². The summed E-state index contributed by atoms with van der Waals surface area (Å²) in [6, 6.07) is 6.58. The van der Waals surface area contributed by atoms with Crippen LogP contribution in [-0.2, 0) is 6.42 Å². The Kier molecular flexibility index (Phi) is 15.2. The Hall–Kier alpha value is -1.02. The molecule has 0 saturated heterocycles. The molecule has 0 aromatic heterocycles. The van der Waals surface area contributed by atoms with Crippen molar-refractivity contribution in [1.29, 1.82) is 0 Å². The van der Waals surface area contributed by atoms with E-state index in [9.17, 15) is 0 Å². The van der Waals surface area contributed by atoms with Crippen molar-refractivity contribution in [3.05, 3.63) is 29.3 Å². The van der Waals surface area contributed by atoms with Crippen molar-refractivity contribution < 1.29 is 9.84 Å². The number of benzene rings is 1. The van der Waals surface area contributed by atoms with E-state index in [1.807, 2.05) is 0 Å². The first-order chi connectivity index (χ1) is 13.3. The molecule has 0 aliphatic rings. The second kappa shape index (κ2) is 17.1. The third kappa shape index (κ3) is 12.9. The van der Waals surface area contributed by atoms with Gasteiger partial charge in [0.05, 0.1) is 7.11 Å². The second-order valence-corrected chi connectivity index (χ2v) is 8.08. The molecule has 1 aromatic carbocycles. The molecule has 156 valence electrons. The minimum atomic E-state index is 0.363. The topological polar surface area (TPSA) is 29.5 Å². The van der Waals surface area contributed by atoms with Crippen LogP contribution in [0.3, 0.4) is 0 Å². The Morgan fingerprint density at radius 3 is 1.52 bits per heavy atom. The average Bonchev–Trinajstić information content (AvgIpc) is 2.68. The van der Waals surface area contributed by atoms with Crippen LogP contribution in [0.2, 0.25) is 0 Å². The van der Waals surface area contributed by atoms with E-state index in [1.165, 1.54) is 107 Å². The van der Waals surface area contributed by atoms with Gasteiger partial charge in [-0.15, -0.1) is 0 Å². The van der Waals surface area contributed by atoms with Gasteiger partial charge in [0.15, 0.2) is 0 Å². The van der Waals surface area contributed by atoms with E-state index in [4.69, 9.17) is 9.84 Å². The molecule has 0 heterocycles. The maximum Gasteiger partial charge on any atom is 0.121 e. The predicted molar refractivity (Wildman–Crippen MR) is 118 cm³/mol. The molecule has 1 rings (SSSR count). The van der Waals surface area contributed by atoms with Gasteiger partial charge in [-0.25, -0.2) is 0 Å². The number of unbranched alkanes of at least 4 members (excludes halogenated alkanes) is 14. The standard InChI is InChI=1S/C25H44O2/c1-23-22-24(19-20-25(23)27-2)18-16-14-12-10-8-6-4-3-5-7-9-11-13-15-17-21-26/h19-20,22,26H,3-18,21H2,1-2H3. The summed E-state index contributed by atoms with van der Waals surface area (Å²) in [6.07, 6.45) is 21.4. The summed E-state index contributed by atoms with van der Waals surface area (Å²) in [7, 11) is 1.74. The minimum absolute atomic E-state index is 0.363. The lowest BCUT2D eigenvalue weighted by molar-refractivity contribution is 0.282. The van der Waals surface area contributed by atoms with Crippen LogP contribution in [0, 0.1) is 6.92 Å². The SMILES string of the molecule is COc1ccc(CCCCCCCCCCCCCCCCCO)cc1C. The number of ether oxygens (including phenoxy) is 1. The van der Waals surface area contributed by atoms with Crippen molar-refractivity contribution in [2.24, 2.45) is 0 Å². The molecule has 0 aliphatic heterocycles. The van der Waals surface area contributed by atoms with Crippen molar-refractivity contribution in [3.63, 3.8) is 0 Å². The lowest BCUT2D eigenvalue weighted by atomic mass is 10.0. The molecule has 0 fully saturated rings. The van der Waals surface area contributed by atoms with Crippen molar-refractivity contribution >= 4 is 0 Å². The van der Waals surface area contributed by atoms with Gasteiger partial charge >= 0.3 is 0 Å². The molecule has 0 spiro atoms. The van der Waals surface area contributed by atoms with Crippen LogP contribution in [0.5, 0.6) is 5.75 Å². The van der Waals surface area contributed by atoms with Crippen LogP contribution in [0.1, 0.15) is 107 Å². The summed E-state index contributed by atoms with van der Waals surface area (Å²) in [6.45, 7) is 2.49. The Bertz CT molecular complexity index is 456. The van der Waals surface area contributed by atoms with Crippen LogP contribution >= 0.6 is 0 Å². The molecule has 0 atom stereocenters. The number of aryl methyl sites for hydroxylation is 2. The molecule has 2 heteroatoms. The van der Waals surface area contributed by atoms with Crippen LogP contribution in [0.15, 0.2) is 18.2 Å².